The number of thiol groups is 1. The van der Waals surface area contributed by atoms with Crippen LogP contribution in [-0.4, -0.2) is 0 Å². The topological polar surface area (TPSA) is 0 Å². The Kier molecular flexibility index (Phi) is 6.43. The molecule has 128 valence electrons. The minimum atomic E-state index is 0.779. The van der Waals surface area contributed by atoms with E-state index in [2.05, 4.69) is 68.1 Å². The van der Waals surface area contributed by atoms with Crippen molar-refractivity contribution < 1.29 is 0 Å². The zero-order valence-electron chi connectivity index (χ0n) is 14.9. The first-order valence-corrected chi connectivity index (χ1v) is 10.1. The van der Waals surface area contributed by atoms with Gasteiger partial charge in [0.2, 0.25) is 0 Å². The van der Waals surface area contributed by atoms with Crippen molar-refractivity contribution in [2.24, 2.45) is 5.92 Å². The molecule has 0 N–H and O–H groups in total. The van der Waals surface area contributed by atoms with Gasteiger partial charge in [-0.2, -0.15) is 0 Å². The molecule has 2 aromatic rings. The van der Waals surface area contributed by atoms with Gasteiger partial charge >= 0.3 is 0 Å². The van der Waals surface area contributed by atoms with Crippen LogP contribution in [0.1, 0.15) is 69.8 Å². The van der Waals surface area contributed by atoms with Crippen LogP contribution in [0.25, 0.3) is 11.1 Å². The van der Waals surface area contributed by atoms with E-state index in [9.17, 15) is 0 Å². The van der Waals surface area contributed by atoms with Crippen LogP contribution in [0.2, 0.25) is 0 Å². The van der Waals surface area contributed by atoms with E-state index < -0.39 is 0 Å². The summed E-state index contributed by atoms with van der Waals surface area (Å²) in [6.45, 7) is 2.30. The van der Waals surface area contributed by atoms with Gasteiger partial charge in [0.1, 0.15) is 0 Å². The van der Waals surface area contributed by atoms with Crippen LogP contribution in [0.15, 0.2) is 53.4 Å². The molecule has 0 atom stereocenters. The normalized spacial score (nSPS) is 20.9. The van der Waals surface area contributed by atoms with Crippen molar-refractivity contribution in [1.29, 1.82) is 0 Å². The predicted molar refractivity (Wildman–Crippen MR) is 108 cm³/mol. The van der Waals surface area contributed by atoms with E-state index in [0.29, 0.717) is 0 Å². The van der Waals surface area contributed by atoms with Gasteiger partial charge < -0.3 is 0 Å². The summed E-state index contributed by atoms with van der Waals surface area (Å²) in [4.78, 5) is 1.02. The van der Waals surface area contributed by atoms with Crippen LogP contribution in [-0.2, 0) is 0 Å². The first-order chi connectivity index (χ1) is 11.8. The number of unbranched alkanes of at least 4 members (excludes halogenated alkanes) is 2. The minimum absolute atomic E-state index is 0.779. The van der Waals surface area contributed by atoms with Crippen LogP contribution in [0, 0.1) is 5.92 Å². The first kappa shape index (κ1) is 17.6. The molecule has 1 heteroatoms. The second-order valence-corrected chi connectivity index (χ2v) is 7.90. The third-order valence-corrected chi connectivity index (χ3v) is 5.94. The van der Waals surface area contributed by atoms with Crippen molar-refractivity contribution in [2.75, 3.05) is 0 Å². The van der Waals surface area contributed by atoms with E-state index in [4.69, 9.17) is 0 Å². The fourth-order valence-electron chi connectivity index (χ4n) is 4.07. The molecule has 24 heavy (non-hydrogen) atoms. The van der Waals surface area contributed by atoms with Gasteiger partial charge in [0, 0.05) is 4.90 Å². The molecule has 1 aliphatic carbocycles. The maximum Gasteiger partial charge on any atom is 0.00404 e. The Hall–Kier alpha value is -1.21. The van der Waals surface area contributed by atoms with E-state index >= 15 is 0 Å². The highest BCUT2D eigenvalue weighted by Crippen LogP contribution is 2.38. The molecule has 0 spiro atoms. The highest BCUT2D eigenvalue weighted by atomic mass is 32.1. The van der Waals surface area contributed by atoms with Crippen LogP contribution in [0.3, 0.4) is 0 Å². The highest BCUT2D eigenvalue weighted by molar-refractivity contribution is 7.80. The Morgan fingerprint density at radius 3 is 1.96 bits per heavy atom. The van der Waals surface area contributed by atoms with Crippen molar-refractivity contribution in [1.82, 2.24) is 0 Å². The maximum atomic E-state index is 4.36. The number of hydrogen-bond acceptors (Lipinski definition) is 1. The van der Waals surface area contributed by atoms with E-state index in [1.54, 1.807) is 0 Å². The van der Waals surface area contributed by atoms with Crippen molar-refractivity contribution in [3.8, 4) is 11.1 Å². The van der Waals surface area contributed by atoms with Gasteiger partial charge in [0.25, 0.3) is 0 Å². The Bertz CT molecular complexity index is 603. The van der Waals surface area contributed by atoms with Gasteiger partial charge in [0.05, 0.1) is 0 Å². The lowest BCUT2D eigenvalue weighted by molar-refractivity contribution is 0.303. The molecule has 0 bridgehead atoms. The lowest BCUT2D eigenvalue weighted by atomic mass is 9.77. The summed E-state index contributed by atoms with van der Waals surface area (Å²) in [6, 6.07) is 17.7. The second kappa shape index (κ2) is 8.76. The zero-order chi connectivity index (χ0) is 16.8. The van der Waals surface area contributed by atoms with Crippen molar-refractivity contribution in [2.45, 2.75) is 69.1 Å². The van der Waals surface area contributed by atoms with Crippen LogP contribution in [0.5, 0.6) is 0 Å². The lowest BCUT2D eigenvalue weighted by Crippen LogP contribution is -2.13. The molecule has 0 saturated heterocycles. The largest absolute Gasteiger partial charge is 0.143 e. The molecular weight excluding hydrogens is 308 g/mol. The SMILES string of the molecule is CCCCCC1CCC(c2ccc(-c3ccc(S)cc3)cc2)CC1. The molecule has 1 aliphatic rings. The third-order valence-electron chi connectivity index (χ3n) is 5.65. The van der Waals surface area contributed by atoms with Gasteiger partial charge in [-0.1, -0.05) is 69.0 Å². The molecule has 0 aromatic heterocycles. The molecule has 2 aromatic carbocycles. The Morgan fingerprint density at radius 2 is 1.38 bits per heavy atom. The van der Waals surface area contributed by atoms with Crippen LogP contribution >= 0.6 is 12.6 Å². The summed E-state index contributed by atoms with van der Waals surface area (Å²) < 4.78 is 0. The summed E-state index contributed by atoms with van der Waals surface area (Å²) in [5.41, 5.74) is 4.12. The lowest BCUT2D eigenvalue weighted by Gasteiger charge is -2.29. The van der Waals surface area contributed by atoms with Crippen molar-refractivity contribution >= 4 is 12.6 Å². The molecule has 1 fully saturated rings. The monoisotopic (exact) mass is 338 g/mol. The molecule has 0 unspecified atom stereocenters. The average molecular weight is 339 g/mol. The smallest absolute Gasteiger partial charge is 0.00404 e. The van der Waals surface area contributed by atoms with Crippen molar-refractivity contribution in [3.05, 3.63) is 54.1 Å². The Labute approximate surface area is 153 Å². The molecule has 3 rings (SSSR count). The summed E-state index contributed by atoms with van der Waals surface area (Å²) in [6.07, 6.45) is 11.3. The van der Waals surface area contributed by atoms with E-state index in [-0.39, 0.29) is 0 Å². The number of hydrogen-bond donors (Lipinski definition) is 1. The highest BCUT2D eigenvalue weighted by Gasteiger charge is 2.21. The second-order valence-electron chi connectivity index (χ2n) is 7.38. The molecule has 0 aliphatic heterocycles. The summed E-state index contributed by atoms with van der Waals surface area (Å²) in [5.74, 6) is 1.77. The van der Waals surface area contributed by atoms with E-state index in [0.717, 1.165) is 16.7 Å². The van der Waals surface area contributed by atoms with Gasteiger partial charge in [-0.15, -0.1) is 12.6 Å². The average Bonchev–Trinajstić information content (AvgIpc) is 2.63. The summed E-state index contributed by atoms with van der Waals surface area (Å²) >= 11 is 4.36. The predicted octanol–water partition coefficient (Wildman–Crippen LogP) is 7.50. The van der Waals surface area contributed by atoms with E-state index in [1.807, 2.05) is 0 Å². The third kappa shape index (κ3) is 4.66. The van der Waals surface area contributed by atoms with Gasteiger partial charge in [-0.3, -0.25) is 0 Å². The Morgan fingerprint density at radius 1 is 0.792 bits per heavy atom. The molecular formula is C23H30S. The standard InChI is InChI=1S/C23H30S/c1-2-3-4-5-18-6-8-19(9-7-18)20-10-12-21(13-11-20)22-14-16-23(24)17-15-22/h10-19,24H,2-9H2,1H3. The molecule has 0 heterocycles. The zero-order valence-corrected chi connectivity index (χ0v) is 15.8. The van der Waals surface area contributed by atoms with Gasteiger partial charge in [0.15, 0.2) is 0 Å². The minimum Gasteiger partial charge on any atom is -0.143 e. The molecule has 1 saturated carbocycles. The maximum absolute atomic E-state index is 4.36. The molecule has 0 amide bonds. The van der Waals surface area contributed by atoms with Crippen molar-refractivity contribution in [3.63, 3.8) is 0 Å². The number of benzene rings is 2. The molecule has 0 nitrogen and oxygen atoms in total. The fourth-order valence-corrected chi connectivity index (χ4v) is 4.22. The van der Waals surface area contributed by atoms with Crippen LogP contribution in [0.4, 0.5) is 0 Å². The van der Waals surface area contributed by atoms with Gasteiger partial charge in [-0.05, 0) is 66.3 Å². The van der Waals surface area contributed by atoms with Gasteiger partial charge in [-0.25, -0.2) is 0 Å². The first-order valence-electron chi connectivity index (χ1n) is 9.65. The van der Waals surface area contributed by atoms with Crippen LogP contribution < -0.4 is 0 Å². The fraction of sp³-hybridized carbons (Fsp3) is 0.478. The molecule has 0 radical (unpaired) electrons. The summed E-state index contributed by atoms with van der Waals surface area (Å²) in [7, 11) is 0. The summed E-state index contributed by atoms with van der Waals surface area (Å²) in [5, 5.41) is 0. The Balaban J connectivity index is 1.56. The van der Waals surface area contributed by atoms with E-state index in [1.165, 1.54) is 68.1 Å². The quantitative estimate of drug-likeness (QED) is 0.409. The number of rotatable bonds is 6.